The summed E-state index contributed by atoms with van der Waals surface area (Å²) in [6.07, 6.45) is 0. The van der Waals surface area contributed by atoms with Crippen LogP contribution in [0.1, 0.15) is 5.56 Å². The molecule has 0 unspecified atom stereocenters. The first kappa shape index (κ1) is 15.1. The van der Waals surface area contributed by atoms with Crippen molar-refractivity contribution in [2.24, 2.45) is 5.73 Å². The molecule has 2 aromatic rings. The average molecular weight is 372 g/mol. The van der Waals surface area contributed by atoms with Gasteiger partial charge in [-0.25, -0.2) is 0 Å². The Hall–Kier alpha value is -1.30. The van der Waals surface area contributed by atoms with Gasteiger partial charge in [-0.3, -0.25) is 0 Å². The fraction of sp³-hybridized carbons (Fsp3) is 0.0714. The number of halogens is 2. The second-order valence-electron chi connectivity index (χ2n) is 4.00. The van der Waals surface area contributed by atoms with E-state index in [0.29, 0.717) is 15.8 Å². The molecule has 2 rings (SSSR count). The van der Waals surface area contributed by atoms with E-state index in [4.69, 9.17) is 34.3 Å². The molecule has 3 N–H and O–H groups in total. The van der Waals surface area contributed by atoms with Crippen LogP contribution in [-0.4, -0.2) is 12.1 Å². The highest BCUT2D eigenvalue weighted by Gasteiger charge is 2.10. The van der Waals surface area contributed by atoms with Gasteiger partial charge in [0.25, 0.3) is 0 Å². The maximum Gasteiger partial charge on any atom is 0.137 e. The lowest BCUT2D eigenvalue weighted by atomic mass is 10.1. The quantitative estimate of drug-likeness (QED) is 0.777. The molecule has 0 radical (unpaired) electrons. The summed E-state index contributed by atoms with van der Waals surface area (Å²) in [6.45, 7) is 0. The van der Waals surface area contributed by atoms with Gasteiger partial charge in [-0.1, -0.05) is 29.9 Å². The van der Waals surface area contributed by atoms with Gasteiger partial charge in [0.1, 0.15) is 10.7 Å². The van der Waals surface area contributed by atoms with Crippen LogP contribution in [0, 0.1) is 0 Å². The molecule has 0 spiro atoms. The van der Waals surface area contributed by atoms with Gasteiger partial charge in [0.2, 0.25) is 0 Å². The number of methoxy groups -OCH3 is 1. The number of ether oxygens (including phenoxy) is 1. The van der Waals surface area contributed by atoms with Crippen LogP contribution in [0.15, 0.2) is 40.9 Å². The fourth-order valence-electron chi connectivity index (χ4n) is 1.78. The zero-order valence-corrected chi connectivity index (χ0v) is 13.8. The van der Waals surface area contributed by atoms with Crippen molar-refractivity contribution in [3.8, 4) is 5.75 Å². The Morgan fingerprint density at radius 1 is 1.35 bits per heavy atom. The third kappa shape index (κ3) is 3.23. The summed E-state index contributed by atoms with van der Waals surface area (Å²) in [6, 6.07) is 11.1. The summed E-state index contributed by atoms with van der Waals surface area (Å²) in [4.78, 5) is 0.319. The summed E-state index contributed by atoms with van der Waals surface area (Å²) in [7, 11) is 1.58. The zero-order valence-electron chi connectivity index (χ0n) is 10.6. The lowest BCUT2D eigenvalue weighted by Gasteiger charge is -2.13. The molecule has 0 aliphatic carbocycles. The number of thiocarbonyl (C=S) groups is 1. The van der Waals surface area contributed by atoms with Crippen molar-refractivity contribution in [2.45, 2.75) is 0 Å². The summed E-state index contributed by atoms with van der Waals surface area (Å²) < 4.78 is 5.97. The molecule has 0 saturated carbocycles. The van der Waals surface area contributed by atoms with Crippen LogP contribution in [0.5, 0.6) is 5.75 Å². The average Bonchev–Trinajstić information content (AvgIpc) is 2.38. The topological polar surface area (TPSA) is 47.3 Å². The summed E-state index contributed by atoms with van der Waals surface area (Å²) in [5.41, 5.74) is 8.16. The van der Waals surface area contributed by atoms with Crippen molar-refractivity contribution in [1.82, 2.24) is 0 Å². The molecule has 20 heavy (non-hydrogen) atoms. The molecule has 0 atom stereocenters. The van der Waals surface area contributed by atoms with Crippen LogP contribution in [0.2, 0.25) is 5.02 Å². The third-order valence-electron chi connectivity index (χ3n) is 2.69. The van der Waals surface area contributed by atoms with Crippen molar-refractivity contribution in [1.29, 1.82) is 0 Å². The standard InChI is InChI=1S/C14H12BrClN2OS/c1-19-12-6-5-8(7-10(12)16)18-11-4-2-3-9(15)13(11)14(17)20/h2-7,18H,1H3,(H2,17,20). The second-order valence-corrected chi connectivity index (χ2v) is 5.70. The highest BCUT2D eigenvalue weighted by atomic mass is 79.9. The number of anilines is 2. The van der Waals surface area contributed by atoms with Crippen LogP contribution in [0.25, 0.3) is 0 Å². The molecule has 0 fully saturated rings. The first-order chi connectivity index (χ1) is 9.52. The minimum Gasteiger partial charge on any atom is -0.495 e. The maximum atomic E-state index is 6.10. The van der Waals surface area contributed by atoms with Crippen LogP contribution >= 0.6 is 39.7 Å². The molecule has 0 saturated heterocycles. The number of hydrogen-bond acceptors (Lipinski definition) is 3. The minimum absolute atomic E-state index is 0.319. The van der Waals surface area contributed by atoms with Crippen molar-refractivity contribution in [3.05, 3.63) is 51.5 Å². The van der Waals surface area contributed by atoms with E-state index >= 15 is 0 Å². The molecule has 6 heteroatoms. The number of benzene rings is 2. The van der Waals surface area contributed by atoms with E-state index in [0.717, 1.165) is 21.4 Å². The van der Waals surface area contributed by atoms with E-state index in [1.54, 1.807) is 19.2 Å². The first-order valence-electron chi connectivity index (χ1n) is 5.72. The fourth-order valence-corrected chi connectivity index (χ4v) is 2.97. The van der Waals surface area contributed by atoms with Gasteiger partial charge < -0.3 is 15.8 Å². The highest BCUT2D eigenvalue weighted by Crippen LogP contribution is 2.31. The van der Waals surface area contributed by atoms with Gasteiger partial charge in [0, 0.05) is 21.4 Å². The number of nitrogens with two attached hydrogens (primary N) is 1. The predicted octanol–water partition coefficient (Wildman–Crippen LogP) is 4.49. The molecular formula is C14H12BrClN2OS. The number of rotatable bonds is 4. The number of hydrogen-bond donors (Lipinski definition) is 2. The first-order valence-corrected chi connectivity index (χ1v) is 7.29. The lowest BCUT2D eigenvalue weighted by Crippen LogP contribution is -2.12. The molecule has 0 amide bonds. The Balaban J connectivity index is 2.38. The molecule has 0 aliphatic rings. The van der Waals surface area contributed by atoms with E-state index in [9.17, 15) is 0 Å². The zero-order chi connectivity index (χ0) is 14.7. The largest absolute Gasteiger partial charge is 0.495 e. The van der Waals surface area contributed by atoms with E-state index in [-0.39, 0.29) is 0 Å². The molecule has 104 valence electrons. The van der Waals surface area contributed by atoms with E-state index in [1.807, 2.05) is 24.3 Å². The Morgan fingerprint density at radius 3 is 2.70 bits per heavy atom. The smallest absolute Gasteiger partial charge is 0.137 e. The molecule has 0 aliphatic heterocycles. The molecular weight excluding hydrogens is 360 g/mol. The van der Waals surface area contributed by atoms with Gasteiger partial charge in [-0.05, 0) is 46.3 Å². The molecule has 2 aromatic carbocycles. The van der Waals surface area contributed by atoms with E-state index in [1.165, 1.54) is 0 Å². The van der Waals surface area contributed by atoms with Gasteiger partial charge >= 0.3 is 0 Å². The van der Waals surface area contributed by atoms with E-state index < -0.39 is 0 Å². The van der Waals surface area contributed by atoms with Crippen LogP contribution in [-0.2, 0) is 0 Å². The lowest BCUT2D eigenvalue weighted by molar-refractivity contribution is 0.415. The number of nitrogens with one attached hydrogen (secondary N) is 1. The normalized spacial score (nSPS) is 10.2. The Bertz CT molecular complexity index is 664. The van der Waals surface area contributed by atoms with Crippen molar-refractivity contribution in [2.75, 3.05) is 12.4 Å². The summed E-state index contributed by atoms with van der Waals surface area (Å²) in [5.74, 6) is 0.626. The van der Waals surface area contributed by atoms with Crippen molar-refractivity contribution < 1.29 is 4.74 Å². The Morgan fingerprint density at radius 2 is 2.10 bits per heavy atom. The maximum absolute atomic E-state index is 6.10. The van der Waals surface area contributed by atoms with Crippen LogP contribution in [0.4, 0.5) is 11.4 Å². The Kier molecular flexibility index (Phi) is 4.86. The van der Waals surface area contributed by atoms with Crippen molar-refractivity contribution >= 4 is 56.1 Å². The molecule has 0 heterocycles. The molecule has 0 bridgehead atoms. The van der Waals surface area contributed by atoms with Crippen LogP contribution in [0.3, 0.4) is 0 Å². The van der Waals surface area contributed by atoms with Gasteiger partial charge in [0.15, 0.2) is 0 Å². The van der Waals surface area contributed by atoms with Gasteiger partial charge in [-0.2, -0.15) is 0 Å². The Labute approximate surface area is 136 Å². The molecule has 0 aromatic heterocycles. The minimum atomic E-state index is 0.319. The van der Waals surface area contributed by atoms with E-state index in [2.05, 4.69) is 21.2 Å². The monoisotopic (exact) mass is 370 g/mol. The third-order valence-corrected chi connectivity index (χ3v) is 3.85. The van der Waals surface area contributed by atoms with Crippen LogP contribution < -0.4 is 15.8 Å². The van der Waals surface area contributed by atoms with Gasteiger partial charge in [-0.15, -0.1) is 0 Å². The SMILES string of the molecule is COc1ccc(Nc2cccc(Br)c2C(N)=S)cc1Cl. The highest BCUT2D eigenvalue weighted by molar-refractivity contribution is 9.10. The van der Waals surface area contributed by atoms with Crippen molar-refractivity contribution in [3.63, 3.8) is 0 Å². The molecule has 3 nitrogen and oxygen atoms in total. The summed E-state index contributed by atoms with van der Waals surface area (Å²) >= 11 is 14.6. The van der Waals surface area contributed by atoms with Gasteiger partial charge in [0.05, 0.1) is 12.1 Å². The summed E-state index contributed by atoms with van der Waals surface area (Å²) in [5, 5.41) is 3.78. The second kappa shape index (κ2) is 6.43. The predicted molar refractivity (Wildman–Crippen MR) is 91.3 cm³/mol.